The predicted molar refractivity (Wildman–Crippen MR) is 82.5 cm³/mol. The molecular formula is C15H20N4. The Hall–Kier alpha value is -2.10. The molecule has 0 fully saturated rings. The Balaban J connectivity index is 2.66. The monoisotopic (exact) mass is 256 g/mol. The van der Waals surface area contributed by atoms with Gasteiger partial charge >= 0.3 is 0 Å². The van der Waals surface area contributed by atoms with Crippen molar-refractivity contribution in [1.29, 1.82) is 0 Å². The fraction of sp³-hybridized carbons (Fsp3) is 0.333. The molecule has 2 rings (SSSR count). The molecule has 0 aliphatic heterocycles. The van der Waals surface area contributed by atoms with Crippen LogP contribution in [0.1, 0.15) is 6.92 Å². The molecule has 0 aliphatic rings. The molecule has 1 heterocycles. The van der Waals surface area contributed by atoms with Crippen molar-refractivity contribution >= 4 is 28.2 Å². The number of aromatic nitrogens is 1. The lowest BCUT2D eigenvalue weighted by atomic mass is 10.2. The van der Waals surface area contributed by atoms with Crippen molar-refractivity contribution in [2.45, 2.75) is 6.92 Å². The van der Waals surface area contributed by atoms with Crippen molar-refractivity contribution < 1.29 is 0 Å². The van der Waals surface area contributed by atoms with Crippen molar-refractivity contribution in [3.8, 4) is 0 Å². The second-order valence-corrected chi connectivity index (χ2v) is 4.96. The van der Waals surface area contributed by atoms with Crippen molar-refractivity contribution in [2.75, 3.05) is 33.1 Å². The van der Waals surface area contributed by atoms with E-state index in [-0.39, 0.29) is 0 Å². The Kier molecular flexibility index (Phi) is 3.69. The van der Waals surface area contributed by atoms with Crippen molar-refractivity contribution in [3.05, 3.63) is 30.3 Å². The van der Waals surface area contributed by atoms with E-state index >= 15 is 0 Å². The summed E-state index contributed by atoms with van der Waals surface area (Å²) in [6.45, 7) is 2.00. The number of hydrogen-bond acceptors (Lipinski definition) is 3. The van der Waals surface area contributed by atoms with E-state index in [2.05, 4.69) is 11.1 Å². The van der Waals surface area contributed by atoms with Crippen LogP contribution >= 0.6 is 0 Å². The number of benzene rings is 1. The Morgan fingerprint density at radius 3 is 2.42 bits per heavy atom. The smallest absolute Gasteiger partial charge is 0.130 e. The Bertz CT molecular complexity index is 615. The lowest BCUT2D eigenvalue weighted by Gasteiger charge is -2.15. The molecule has 1 aromatic carbocycles. The van der Waals surface area contributed by atoms with Gasteiger partial charge in [0, 0.05) is 39.6 Å². The molecule has 0 atom stereocenters. The fourth-order valence-electron chi connectivity index (χ4n) is 1.74. The minimum atomic E-state index is 0.920. The van der Waals surface area contributed by atoms with E-state index in [0.717, 1.165) is 28.2 Å². The van der Waals surface area contributed by atoms with Gasteiger partial charge in [-0.2, -0.15) is 0 Å². The first kappa shape index (κ1) is 13.3. The Labute approximate surface area is 114 Å². The molecule has 0 aliphatic carbocycles. The largest absolute Gasteiger partial charge is 0.366 e. The predicted octanol–water partition coefficient (Wildman–Crippen LogP) is 2.91. The molecule has 2 aromatic rings. The summed E-state index contributed by atoms with van der Waals surface area (Å²) >= 11 is 0. The maximum atomic E-state index is 4.71. The first-order valence-corrected chi connectivity index (χ1v) is 6.29. The van der Waals surface area contributed by atoms with Gasteiger partial charge in [-0.05, 0) is 13.0 Å². The number of pyridine rings is 1. The highest BCUT2D eigenvalue weighted by molar-refractivity contribution is 5.95. The molecule has 0 amide bonds. The number of amidine groups is 1. The molecule has 0 saturated heterocycles. The molecule has 0 bridgehead atoms. The maximum absolute atomic E-state index is 4.71. The van der Waals surface area contributed by atoms with Crippen LogP contribution in [0.4, 0.5) is 11.5 Å². The van der Waals surface area contributed by atoms with Gasteiger partial charge in [0.1, 0.15) is 11.7 Å². The van der Waals surface area contributed by atoms with Crippen LogP contribution in [-0.4, -0.2) is 43.9 Å². The number of fused-ring (bicyclic) bond motifs is 1. The zero-order valence-electron chi connectivity index (χ0n) is 12.2. The molecular weight excluding hydrogens is 236 g/mol. The van der Waals surface area contributed by atoms with Gasteiger partial charge in [0.15, 0.2) is 0 Å². The van der Waals surface area contributed by atoms with E-state index in [9.17, 15) is 0 Å². The number of nitrogens with zero attached hydrogens (tertiary/aromatic N) is 4. The maximum Gasteiger partial charge on any atom is 0.130 e. The van der Waals surface area contributed by atoms with Gasteiger partial charge in [-0.25, -0.2) is 9.98 Å². The topological polar surface area (TPSA) is 31.7 Å². The zero-order chi connectivity index (χ0) is 14.0. The summed E-state index contributed by atoms with van der Waals surface area (Å²) in [5.41, 5.74) is 1.93. The average Bonchev–Trinajstić information content (AvgIpc) is 2.38. The Morgan fingerprint density at radius 2 is 1.79 bits per heavy atom. The molecule has 4 nitrogen and oxygen atoms in total. The normalized spacial score (nSPS) is 11.7. The molecule has 0 spiro atoms. The van der Waals surface area contributed by atoms with Crippen LogP contribution in [0.5, 0.6) is 0 Å². The minimum absolute atomic E-state index is 0.920. The van der Waals surface area contributed by atoms with Crippen LogP contribution in [0.3, 0.4) is 0 Å². The van der Waals surface area contributed by atoms with Gasteiger partial charge in [-0.1, -0.05) is 18.2 Å². The molecule has 0 radical (unpaired) electrons. The summed E-state index contributed by atoms with van der Waals surface area (Å²) in [4.78, 5) is 13.3. The molecule has 1 aromatic heterocycles. The van der Waals surface area contributed by atoms with Gasteiger partial charge in [0.2, 0.25) is 0 Å². The number of rotatable bonds is 2. The third kappa shape index (κ3) is 2.84. The van der Waals surface area contributed by atoms with Gasteiger partial charge in [0.25, 0.3) is 0 Å². The summed E-state index contributed by atoms with van der Waals surface area (Å²) in [6.07, 6.45) is 0. The molecule has 0 saturated carbocycles. The molecule has 0 N–H and O–H groups in total. The van der Waals surface area contributed by atoms with Crippen LogP contribution in [0.25, 0.3) is 10.9 Å². The van der Waals surface area contributed by atoms with Gasteiger partial charge < -0.3 is 9.80 Å². The van der Waals surface area contributed by atoms with E-state index in [1.54, 1.807) is 0 Å². The summed E-state index contributed by atoms with van der Waals surface area (Å²) in [6, 6.07) is 10.1. The van der Waals surface area contributed by atoms with E-state index < -0.39 is 0 Å². The number of anilines is 1. The molecule has 19 heavy (non-hydrogen) atoms. The van der Waals surface area contributed by atoms with E-state index in [1.807, 2.05) is 69.2 Å². The molecule has 4 heteroatoms. The number of para-hydroxylation sites is 1. The second kappa shape index (κ2) is 5.26. The van der Waals surface area contributed by atoms with Gasteiger partial charge in [-0.3, -0.25) is 0 Å². The van der Waals surface area contributed by atoms with E-state index in [4.69, 9.17) is 4.99 Å². The van der Waals surface area contributed by atoms with Crippen molar-refractivity contribution in [2.24, 2.45) is 4.99 Å². The number of hydrogen-bond donors (Lipinski definition) is 0. The van der Waals surface area contributed by atoms with Crippen LogP contribution in [-0.2, 0) is 0 Å². The zero-order valence-corrected chi connectivity index (χ0v) is 12.2. The fourth-order valence-corrected chi connectivity index (χ4v) is 1.74. The van der Waals surface area contributed by atoms with Gasteiger partial charge in [-0.15, -0.1) is 0 Å². The highest BCUT2D eigenvalue weighted by Crippen LogP contribution is 2.28. The average molecular weight is 256 g/mol. The number of aliphatic imine (C=N–C) groups is 1. The third-order valence-electron chi connectivity index (χ3n) is 3.07. The standard InChI is InChI=1S/C15H20N4/c1-11(18(2)3)16-14-10-15(19(4)5)17-13-9-7-6-8-12(13)14/h6-10H,1-5H3. The van der Waals surface area contributed by atoms with E-state index in [1.165, 1.54) is 0 Å². The minimum Gasteiger partial charge on any atom is -0.366 e. The highest BCUT2D eigenvalue weighted by Gasteiger charge is 2.07. The summed E-state index contributed by atoms with van der Waals surface area (Å²) in [7, 11) is 7.97. The quantitative estimate of drug-likeness (QED) is 0.611. The SMILES string of the molecule is CC(=Nc1cc(N(C)C)nc2ccccc12)N(C)C. The summed E-state index contributed by atoms with van der Waals surface area (Å²) < 4.78 is 0. The van der Waals surface area contributed by atoms with Crippen LogP contribution < -0.4 is 4.90 Å². The first-order valence-electron chi connectivity index (χ1n) is 6.29. The van der Waals surface area contributed by atoms with Gasteiger partial charge in [0.05, 0.1) is 11.2 Å². The van der Waals surface area contributed by atoms with Crippen LogP contribution in [0.2, 0.25) is 0 Å². The first-order chi connectivity index (χ1) is 8.99. The van der Waals surface area contributed by atoms with E-state index in [0.29, 0.717) is 0 Å². The second-order valence-electron chi connectivity index (χ2n) is 4.96. The van der Waals surface area contributed by atoms with Crippen molar-refractivity contribution in [1.82, 2.24) is 9.88 Å². The van der Waals surface area contributed by atoms with Crippen LogP contribution in [0.15, 0.2) is 35.3 Å². The third-order valence-corrected chi connectivity index (χ3v) is 3.07. The summed E-state index contributed by atoms with van der Waals surface area (Å²) in [5, 5.41) is 1.08. The Morgan fingerprint density at radius 1 is 1.11 bits per heavy atom. The van der Waals surface area contributed by atoms with Crippen molar-refractivity contribution in [3.63, 3.8) is 0 Å². The highest BCUT2D eigenvalue weighted by atomic mass is 15.1. The molecule has 0 unspecified atom stereocenters. The lowest BCUT2D eigenvalue weighted by molar-refractivity contribution is 0.619. The lowest BCUT2D eigenvalue weighted by Crippen LogP contribution is -2.18. The summed E-state index contributed by atoms with van der Waals surface area (Å²) in [5.74, 6) is 1.89. The molecule has 100 valence electrons. The van der Waals surface area contributed by atoms with Crippen LogP contribution in [0, 0.1) is 0 Å².